The summed E-state index contributed by atoms with van der Waals surface area (Å²) in [5.74, 6) is -0.964. The average molecular weight is 314 g/mol. The molecule has 0 radical (unpaired) electrons. The largest absolute Gasteiger partial charge is 0.459 e. The lowest BCUT2D eigenvalue weighted by Crippen LogP contribution is -2.26. The molecule has 1 aliphatic heterocycles. The quantitative estimate of drug-likeness (QED) is 0.855. The highest BCUT2D eigenvalue weighted by Crippen LogP contribution is 2.39. The Hall–Kier alpha value is -2.14. The maximum atomic E-state index is 12.5. The Balaban J connectivity index is 2.12. The number of aliphatic hydroxyl groups excluding tert-OH is 1. The first-order valence-electron chi connectivity index (χ1n) is 7.86. The minimum Gasteiger partial charge on any atom is -0.459 e. The molecule has 3 rings (SSSR count). The predicted molar refractivity (Wildman–Crippen MR) is 90.1 cm³/mol. The van der Waals surface area contributed by atoms with Gasteiger partial charge in [0, 0.05) is 34.8 Å². The molecule has 1 aromatic heterocycles. The number of hydrogen-bond donors (Lipinski definition) is 2. The van der Waals surface area contributed by atoms with E-state index in [4.69, 9.17) is 9.84 Å². The molecule has 0 aliphatic carbocycles. The zero-order valence-electron chi connectivity index (χ0n) is 13.7. The van der Waals surface area contributed by atoms with Crippen LogP contribution in [-0.4, -0.2) is 41.5 Å². The van der Waals surface area contributed by atoms with Gasteiger partial charge in [0.2, 0.25) is 0 Å². The van der Waals surface area contributed by atoms with Crippen LogP contribution < -0.4 is 0 Å². The standard InChI is InChI=1S/C18H22N2O3/c1-11(9-21)23-17(22)13-8-19-10-18(2,3)15-12-6-4-5-7-14(12)20-16(13)15/h4-8,11,13,20-21H,9-10H2,1-3H3. The van der Waals surface area contributed by atoms with Crippen molar-refractivity contribution in [3.63, 3.8) is 0 Å². The molecule has 0 amide bonds. The second-order valence-electron chi connectivity index (χ2n) is 6.74. The third-order valence-electron chi connectivity index (χ3n) is 4.29. The lowest BCUT2D eigenvalue weighted by molar-refractivity contribution is -0.150. The Morgan fingerprint density at radius 3 is 2.96 bits per heavy atom. The average Bonchev–Trinajstić information content (AvgIpc) is 2.84. The molecule has 2 N–H and O–H groups in total. The number of ether oxygens (including phenoxy) is 1. The zero-order chi connectivity index (χ0) is 16.6. The molecule has 1 aromatic carbocycles. The normalized spacial score (nSPS) is 20.8. The van der Waals surface area contributed by atoms with Gasteiger partial charge >= 0.3 is 5.97 Å². The number of H-pyrrole nitrogens is 1. The van der Waals surface area contributed by atoms with Crippen molar-refractivity contribution in [2.24, 2.45) is 4.99 Å². The van der Waals surface area contributed by atoms with Gasteiger partial charge in [-0.3, -0.25) is 9.79 Å². The molecule has 2 aromatic rings. The van der Waals surface area contributed by atoms with Crippen LogP contribution in [0.25, 0.3) is 10.9 Å². The van der Waals surface area contributed by atoms with Gasteiger partial charge in [-0.1, -0.05) is 32.0 Å². The van der Waals surface area contributed by atoms with Crippen molar-refractivity contribution in [2.45, 2.75) is 38.2 Å². The van der Waals surface area contributed by atoms with E-state index in [1.807, 2.05) is 18.2 Å². The number of fused-ring (bicyclic) bond motifs is 3. The fraction of sp³-hybridized carbons (Fsp3) is 0.444. The highest BCUT2D eigenvalue weighted by molar-refractivity contribution is 5.99. The number of benzene rings is 1. The van der Waals surface area contributed by atoms with Crippen LogP contribution in [-0.2, 0) is 14.9 Å². The van der Waals surface area contributed by atoms with Crippen molar-refractivity contribution in [3.05, 3.63) is 35.5 Å². The second kappa shape index (κ2) is 5.81. The van der Waals surface area contributed by atoms with Gasteiger partial charge in [-0.15, -0.1) is 0 Å². The molecule has 0 bridgehead atoms. The molecule has 0 fully saturated rings. The van der Waals surface area contributed by atoms with Crippen LogP contribution in [0.2, 0.25) is 0 Å². The van der Waals surface area contributed by atoms with E-state index in [2.05, 4.69) is 29.9 Å². The number of nitrogens with one attached hydrogen (secondary N) is 1. The zero-order valence-corrected chi connectivity index (χ0v) is 13.7. The number of carbonyl (C=O) groups excluding carboxylic acids is 1. The SMILES string of the molecule is CC(CO)OC(=O)C1C=NCC(C)(C)c2c1[nH]c1ccccc21. The van der Waals surface area contributed by atoms with E-state index in [-0.39, 0.29) is 18.0 Å². The number of esters is 1. The molecule has 122 valence electrons. The highest BCUT2D eigenvalue weighted by atomic mass is 16.6. The molecule has 0 saturated heterocycles. The summed E-state index contributed by atoms with van der Waals surface area (Å²) in [5, 5.41) is 10.2. The molecule has 0 saturated carbocycles. The Kier molecular flexibility index (Phi) is 3.98. The minimum atomic E-state index is -0.576. The van der Waals surface area contributed by atoms with E-state index in [1.54, 1.807) is 13.1 Å². The number of hydrogen-bond acceptors (Lipinski definition) is 4. The van der Waals surface area contributed by atoms with Gasteiger partial charge in [-0.2, -0.15) is 0 Å². The van der Waals surface area contributed by atoms with Crippen LogP contribution in [0.5, 0.6) is 0 Å². The van der Waals surface area contributed by atoms with Gasteiger partial charge in [0.15, 0.2) is 0 Å². The predicted octanol–water partition coefficient (Wildman–Crippen LogP) is 2.54. The summed E-state index contributed by atoms with van der Waals surface area (Å²) in [6, 6.07) is 8.05. The number of para-hydroxylation sites is 1. The number of carbonyl (C=O) groups is 1. The van der Waals surface area contributed by atoms with E-state index >= 15 is 0 Å². The van der Waals surface area contributed by atoms with Crippen LogP contribution in [0.15, 0.2) is 29.3 Å². The van der Waals surface area contributed by atoms with E-state index in [1.165, 1.54) is 0 Å². The molecular weight excluding hydrogens is 292 g/mol. The van der Waals surface area contributed by atoms with Gasteiger partial charge in [-0.05, 0) is 18.6 Å². The van der Waals surface area contributed by atoms with Crippen molar-refractivity contribution in [1.29, 1.82) is 0 Å². The van der Waals surface area contributed by atoms with Crippen LogP contribution in [0.3, 0.4) is 0 Å². The number of aliphatic hydroxyl groups is 1. The van der Waals surface area contributed by atoms with Crippen LogP contribution >= 0.6 is 0 Å². The number of aromatic nitrogens is 1. The first-order valence-corrected chi connectivity index (χ1v) is 7.86. The van der Waals surface area contributed by atoms with Crippen LogP contribution in [0.4, 0.5) is 0 Å². The van der Waals surface area contributed by atoms with Gasteiger partial charge in [0.1, 0.15) is 12.0 Å². The summed E-state index contributed by atoms with van der Waals surface area (Å²) < 4.78 is 5.32. The number of aromatic amines is 1. The number of rotatable bonds is 3. The Labute approximate surface area is 135 Å². The molecule has 2 atom stereocenters. The monoisotopic (exact) mass is 314 g/mol. The molecule has 23 heavy (non-hydrogen) atoms. The second-order valence-corrected chi connectivity index (χ2v) is 6.74. The molecule has 5 heteroatoms. The summed E-state index contributed by atoms with van der Waals surface area (Å²) in [6.07, 6.45) is 1.13. The van der Waals surface area contributed by atoms with E-state index in [0.29, 0.717) is 6.54 Å². The molecule has 2 heterocycles. The molecule has 2 unspecified atom stereocenters. The van der Waals surface area contributed by atoms with Gasteiger partial charge < -0.3 is 14.8 Å². The highest BCUT2D eigenvalue weighted by Gasteiger charge is 2.36. The fourth-order valence-corrected chi connectivity index (χ4v) is 3.15. The van der Waals surface area contributed by atoms with E-state index in [9.17, 15) is 4.79 Å². The third kappa shape index (κ3) is 2.77. The topological polar surface area (TPSA) is 74.7 Å². The fourth-order valence-electron chi connectivity index (χ4n) is 3.15. The molecular formula is C18H22N2O3. The van der Waals surface area contributed by atoms with E-state index < -0.39 is 12.0 Å². The van der Waals surface area contributed by atoms with Crippen molar-refractivity contribution in [3.8, 4) is 0 Å². The third-order valence-corrected chi connectivity index (χ3v) is 4.29. The van der Waals surface area contributed by atoms with Gasteiger partial charge in [-0.25, -0.2) is 0 Å². The summed E-state index contributed by atoms with van der Waals surface area (Å²) in [6.45, 7) is 6.35. The first kappa shape index (κ1) is 15.7. The van der Waals surface area contributed by atoms with Crippen molar-refractivity contribution in [2.75, 3.05) is 13.2 Å². The van der Waals surface area contributed by atoms with Gasteiger partial charge in [0.05, 0.1) is 6.61 Å². The summed E-state index contributed by atoms with van der Waals surface area (Å²) >= 11 is 0. The molecule has 1 aliphatic rings. The maximum Gasteiger partial charge on any atom is 0.320 e. The Morgan fingerprint density at radius 2 is 2.22 bits per heavy atom. The van der Waals surface area contributed by atoms with Crippen LogP contribution in [0.1, 0.15) is 37.9 Å². The van der Waals surface area contributed by atoms with E-state index in [0.717, 1.165) is 22.2 Å². The Morgan fingerprint density at radius 1 is 1.48 bits per heavy atom. The lowest BCUT2D eigenvalue weighted by Gasteiger charge is -2.23. The maximum absolute atomic E-state index is 12.5. The Bertz CT molecular complexity index is 761. The van der Waals surface area contributed by atoms with Crippen molar-refractivity contribution in [1.82, 2.24) is 4.98 Å². The lowest BCUT2D eigenvalue weighted by atomic mass is 9.81. The summed E-state index contributed by atoms with van der Waals surface area (Å²) in [7, 11) is 0. The summed E-state index contributed by atoms with van der Waals surface area (Å²) in [4.78, 5) is 20.4. The number of aliphatic imine (C=N–C) groups is 1. The first-order chi connectivity index (χ1) is 10.9. The molecule has 0 spiro atoms. The van der Waals surface area contributed by atoms with Crippen LogP contribution in [0, 0.1) is 0 Å². The summed E-state index contributed by atoms with van der Waals surface area (Å²) in [5.41, 5.74) is 2.79. The van der Waals surface area contributed by atoms with Gasteiger partial charge in [0.25, 0.3) is 0 Å². The minimum absolute atomic E-state index is 0.178. The van der Waals surface area contributed by atoms with Crippen molar-refractivity contribution < 1.29 is 14.6 Å². The smallest absolute Gasteiger partial charge is 0.320 e. The molecule has 5 nitrogen and oxygen atoms in total. The van der Waals surface area contributed by atoms with Crippen molar-refractivity contribution >= 4 is 23.1 Å². The number of nitrogens with zero attached hydrogens (tertiary/aromatic N) is 1.